The Morgan fingerprint density at radius 3 is 0.812 bits per heavy atom. The number of hydrogen-bond donors (Lipinski definition) is 2. The van der Waals surface area contributed by atoms with Crippen LogP contribution >= 0.6 is 0 Å². The van der Waals surface area contributed by atoms with Crippen LogP contribution in [0.15, 0.2) is 12.1 Å². The fourth-order valence-electron chi connectivity index (χ4n) is 2.46. The summed E-state index contributed by atoms with van der Waals surface area (Å²) >= 11 is 0. The molecule has 0 spiro atoms. The van der Waals surface area contributed by atoms with E-state index in [0.29, 0.717) is 0 Å². The maximum absolute atomic E-state index is 14.3. The van der Waals surface area contributed by atoms with Crippen molar-refractivity contribution < 1.29 is 81.3 Å². The molecule has 32 heavy (non-hydrogen) atoms. The van der Waals surface area contributed by atoms with Crippen LogP contribution in [-0.2, 0) is 11.3 Å². The molecular formula is C14H4F14O4. The SMILES string of the molecule is O=C(O)c1cc(C(F)(C(F)(F)F)C(F)(F)F)c(C(=O)O)cc1C(F)(C(F)(F)F)C(F)(F)F. The van der Waals surface area contributed by atoms with Crippen molar-refractivity contribution in [2.24, 2.45) is 0 Å². The Morgan fingerprint density at radius 1 is 0.500 bits per heavy atom. The van der Waals surface area contributed by atoms with E-state index in [0.717, 1.165) is 0 Å². The molecule has 0 bridgehead atoms. The Balaban J connectivity index is 4.39. The number of alkyl halides is 14. The third-order valence-electron chi connectivity index (χ3n) is 3.92. The van der Waals surface area contributed by atoms with E-state index in [1.54, 1.807) is 0 Å². The highest BCUT2D eigenvalue weighted by molar-refractivity contribution is 5.95. The molecule has 0 heterocycles. The molecule has 0 atom stereocenters. The fourth-order valence-corrected chi connectivity index (χ4v) is 2.46. The van der Waals surface area contributed by atoms with Crippen LogP contribution in [-0.4, -0.2) is 46.9 Å². The minimum Gasteiger partial charge on any atom is -0.478 e. The minimum absolute atomic E-state index is 1.39. The van der Waals surface area contributed by atoms with Gasteiger partial charge in [0.15, 0.2) is 0 Å². The van der Waals surface area contributed by atoms with Crippen LogP contribution in [0.25, 0.3) is 0 Å². The Morgan fingerprint density at radius 2 is 0.688 bits per heavy atom. The molecule has 0 aromatic heterocycles. The van der Waals surface area contributed by atoms with Crippen molar-refractivity contribution in [1.29, 1.82) is 0 Å². The molecule has 182 valence electrons. The summed E-state index contributed by atoms with van der Waals surface area (Å²) in [5, 5.41) is 17.5. The smallest absolute Gasteiger partial charge is 0.435 e. The van der Waals surface area contributed by atoms with Gasteiger partial charge in [0.2, 0.25) is 0 Å². The molecule has 0 aliphatic rings. The van der Waals surface area contributed by atoms with Crippen molar-refractivity contribution in [3.8, 4) is 0 Å². The topological polar surface area (TPSA) is 74.6 Å². The maximum Gasteiger partial charge on any atom is 0.435 e. The molecule has 0 saturated heterocycles. The summed E-state index contributed by atoms with van der Waals surface area (Å²) in [5.74, 6) is -6.33. The van der Waals surface area contributed by atoms with Gasteiger partial charge in [-0.25, -0.2) is 18.4 Å². The standard InChI is InChI=1S/C14H4F14O4/c15-9(11(17,18)19,12(20,21)22)5-1-3(7(29)30)6(2-4(5)8(31)32)10(16,13(23,24)25)14(26,27)28/h1-2H,(H,29,30)(H,31,32). The molecule has 0 unspecified atom stereocenters. The van der Waals surface area contributed by atoms with Gasteiger partial charge < -0.3 is 10.2 Å². The summed E-state index contributed by atoms with van der Waals surface area (Å²) in [7, 11) is 0. The highest BCUT2D eigenvalue weighted by Gasteiger charge is 2.76. The quantitative estimate of drug-likeness (QED) is 0.522. The van der Waals surface area contributed by atoms with Crippen LogP contribution < -0.4 is 0 Å². The highest BCUT2D eigenvalue weighted by Crippen LogP contribution is 2.57. The van der Waals surface area contributed by atoms with Crippen molar-refractivity contribution in [3.05, 3.63) is 34.4 Å². The zero-order valence-electron chi connectivity index (χ0n) is 14.2. The van der Waals surface area contributed by atoms with Gasteiger partial charge in [-0.05, 0) is 12.1 Å². The molecular weight excluding hydrogens is 498 g/mol. The van der Waals surface area contributed by atoms with Gasteiger partial charge in [0.1, 0.15) is 0 Å². The Bertz CT molecular complexity index is 818. The van der Waals surface area contributed by atoms with Gasteiger partial charge in [-0.2, -0.15) is 52.7 Å². The molecule has 1 rings (SSSR count). The summed E-state index contributed by atoms with van der Waals surface area (Å²) in [6.07, 6.45) is -28.6. The lowest BCUT2D eigenvalue weighted by atomic mass is 9.82. The predicted octanol–water partition coefficient (Wildman–Crippen LogP) is 5.66. The molecule has 1 aromatic carbocycles. The Labute approximate surface area is 165 Å². The van der Waals surface area contributed by atoms with Gasteiger partial charge in [-0.1, -0.05) is 0 Å². The van der Waals surface area contributed by atoms with Crippen LogP contribution in [0.2, 0.25) is 0 Å². The average molecular weight is 502 g/mol. The molecule has 4 nitrogen and oxygen atoms in total. The third-order valence-corrected chi connectivity index (χ3v) is 3.92. The average Bonchev–Trinajstić information content (AvgIpc) is 2.54. The highest BCUT2D eigenvalue weighted by atomic mass is 19.4. The first-order chi connectivity index (χ1) is 13.9. The molecule has 0 amide bonds. The molecule has 2 N–H and O–H groups in total. The number of carboxylic acids is 2. The monoisotopic (exact) mass is 502 g/mol. The molecule has 0 aliphatic carbocycles. The lowest BCUT2D eigenvalue weighted by Gasteiger charge is -2.34. The lowest BCUT2D eigenvalue weighted by Crippen LogP contribution is -2.53. The number of carboxylic acid groups (broad SMARTS) is 2. The van der Waals surface area contributed by atoms with Gasteiger partial charge >= 0.3 is 48.0 Å². The first kappa shape index (κ1) is 27.2. The van der Waals surface area contributed by atoms with Crippen LogP contribution in [0.4, 0.5) is 61.5 Å². The number of carbonyl (C=O) groups is 2. The Kier molecular flexibility index (Phi) is 6.26. The molecule has 0 radical (unpaired) electrons. The van der Waals surface area contributed by atoms with Crippen LogP contribution in [0, 0.1) is 0 Å². The second-order valence-corrected chi connectivity index (χ2v) is 5.86. The van der Waals surface area contributed by atoms with E-state index in [9.17, 15) is 71.1 Å². The van der Waals surface area contributed by atoms with Gasteiger partial charge in [-0.3, -0.25) is 0 Å². The van der Waals surface area contributed by atoms with E-state index in [-0.39, 0.29) is 0 Å². The summed E-state index contributed by atoms with van der Waals surface area (Å²) < 4.78 is 183. The van der Waals surface area contributed by atoms with E-state index in [1.165, 1.54) is 0 Å². The molecule has 0 aliphatic heterocycles. The maximum atomic E-state index is 14.3. The largest absolute Gasteiger partial charge is 0.478 e. The van der Waals surface area contributed by atoms with E-state index in [1.807, 2.05) is 0 Å². The fraction of sp³-hybridized carbons (Fsp3) is 0.429. The summed E-state index contributed by atoms with van der Waals surface area (Å²) in [5.41, 5.74) is -25.8. The molecule has 18 heteroatoms. The van der Waals surface area contributed by atoms with Crippen LogP contribution in [0.1, 0.15) is 31.8 Å². The number of aromatic carboxylic acids is 2. The summed E-state index contributed by atoms with van der Waals surface area (Å²) in [6.45, 7) is 0. The van der Waals surface area contributed by atoms with Gasteiger partial charge in [0.25, 0.3) is 0 Å². The molecule has 1 aromatic rings. The number of halogens is 14. The number of rotatable bonds is 4. The number of benzene rings is 1. The van der Waals surface area contributed by atoms with E-state index in [2.05, 4.69) is 0 Å². The van der Waals surface area contributed by atoms with Gasteiger partial charge in [0, 0.05) is 11.1 Å². The van der Waals surface area contributed by atoms with Crippen molar-refractivity contribution >= 4 is 11.9 Å². The molecule has 0 saturated carbocycles. The van der Waals surface area contributed by atoms with Crippen molar-refractivity contribution in [2.45, 2.75) is 36.0 Å². The lowest BCUT2D eigenvalue weighted by molar-refractivity contribution is -0.350. The van der Waals surface area contributed by atoms with Crippen molar-refractivity contribution in [2.75, 3.05) is 0 Å². The third kappa shape index (κ3) is 3.89. The number of hydrogen-bond acceptors (Lipinski definition) is 2. The summed E-state index contributed by atoms with van der Waals surface area (Å²) in [6, 6.07) is -2.79. The first-order valence-electron chi connectivity index (χ1n) is 7.16. The van der Waals surface area contributed by atoms with E-state index < -0.39 is 82.4 Å². The van der Waals surface area contributed by atoms with Crippen LogP contribution in [0.3, 0.4) is 0 Å². The van der Waals surface area contributed by atoms with Gasteiger partial charge in [-0.15, -0.1) is 0 Å². The molecule has 0 fully saturated rings. The van der Waals surface area contributed by atoms with Crippen molar-refractivity contribution in [3.63, 3.8) is 0 Å². The van der Waals surface area contributed by atoms with Crippen LogP contribution in [0.5, 0.6) is 0 Å². The minimum atomic E-state index is -7.15. The second kappa shape index (κ2) is 7.36. The second-order valence-electron chi connectivity index (χ2n) is 5.86. The zero-order chi connectivity index (χ0) is 25.9. The normalized spacial score (nSPS) is 14.4. The van der Waals surface area contributed by atoms with Gasteiger partial charge in [0.05, 0.1) is 11.1 Å². The predicted molar refractivity (Wildman–Crippen MR) is 70.2 cm³/mol. The Hall–Kier alpha value is -2.82. The van der Waals surface area contributed by atoms with Crippen molar-refractivity contribution in [1.82, 2.24) is 0 Å². The van der Waals surface area contributed by atoms with E-state index >= 15 is 0 Å². The summed E-state index contributed by atoms with van der Waals surface area (Å²) in [4.78, 5) is 22.1. The van der Waals surface area contributed by atoms with E-state index in [4.69, 9.17) is 10.2 Å². The zero-order valence-corrected chi connectivity index (χ0v) is 14.2. The first-order valence-corrected chi connectivity index (χ1v) is 7.16.